The van der Waals surface area contributed by atoms with E-state index in [-0.39, 0.29) is 5.56 Å². The van der Waals surface area contributed by atoms with Crippen LogP contribution in [-0.4, -0.2) is 9.97 Å². The smallest absolute Gasteiger partial charge is 0.265 e. The Bertz CT molecular complexity index is 689. The lowest BCUT2D eigenvalue weighted by molar-refractivity contribution is 0.861. The van der Waals surface area contributed by atoms with Gasteiger partial charge < -0.3 is 4.98 Å². The summed E-state index contributed by atoms with van der Waals surface area (Å²) in [6, 6.07) is 8.36. The van der Waals surface area contributed by atoms with E-state index in [1.807, 2.05) is 12.1 Å². The molecular weight excluding hydrogens is 316 g/mol. The van der Waals surface area contributed by atoms with E-state index in [9.17, 15) is 4.79 Å². The fourth-order valence-corrected chi connectivity index (χ4v) is 2.79. The van der Waals surface area contributed by atoms with Crippen molar-refractivity contribution < 1.29 is 0 Å². The third-order valence-electron chi connectivity index (χ3n) is 3.63. The molecule has 3 rings (SSSR count). The highest BCUT2D eigenvalue weighted by atomic mass is 79.9. The van der Waals surface area contributed by atoms with Gasteiger partial charge in [0.25, 0.3) is 5.56 Å². The first-order valence-electron chi connectivity index (χ1n) is 7.08. The Morgan fingerprint density at radius 2 is 2.20 bits per heavy atom. The molecule has 1 N–H and O–H groups in total. The van der Waals surface area contributed by atoms with E-state index in [0.29, 0.717) is 16.2 Å². The van der Waals surface area contributed by atoms with Crippen molar-refractivity contribution in [2.24, 2.45) is 0 Å². The molecule has 104 valence electrons. The number of hydrogen-bond donors (Lipinski definition) is 1. The Labute approximate surface area is 126 Å². The summed E-state index contributed by atoms with van der Waals surface area (Å²) in [4.78, 5) is 19.5. The van der Waals surface area contributed by atoms with Gasteiger partial charge in [-0.2, -0.15) is 0 Å². The molecule has 0 bridgehead atoms. The maximum atomic E-state index is 12.0. The SMILES string of the molecule is CCCc1nc(-c2cccc(C3CC3)c2)[nH]c(=O)c1Br. The van der Waals surface area contributed by atoms with E-state index in [0.717, 1.165) is 24.1 Å². The Balaban J connectivity index is 2.05. The summed E-state index contributed by atoms with van der Waals surface area (Å²) in [5.41, 5.74) is 3.08. The third-order valence-corrected chi connectivity index (χ3v) is 4.44. The number of rotatable bonds is 4. The second-order valence-electron chi connectivity index (χ2n) is 5.32. The van der Waals surface area contributed by atoms with Crippen LogP contribution in [0.3, 0.4) is 0 Å². The van der Waals surface area contributed by atoms with Gasteiger partial charge in [0, 0.05) is 5.56 Å². The standard InChI is InChI=1S/C16H17BrN2O/c1-2-4-13-14(17)16(20)19-15(18-13)12-6-3-5-11(9-12)10-7-8-10/h3,5-6,9-10H,2,4,7-8H2,1H3,(H,18,19,20). The highest BCUT2D eigenvalue weighted by Gasteiger charge is 2.23. The molecule has 2 aromatic rings. The molecule has 0 atom stereocenters. The Morgan fingerprint density at radius 3 is 2.90 bits per heavy atom. The summed E-state index contributed by atoms with van der Waals surface area (Å²) in [7, 11) is 0. The lowest BCUT2D eigenvalue weighted by Crippen LogP contribution is -2.13. The van der Waals surface area contributed by atoms with Gasteiger partial charge in [0.05, 0.1) is 5.69 Å². The molecule has 0 unspecified atom stereocenters. The number of H-pyrrole nitrogens is 1. The molecular formula is C16H17BrN2O. The number of halogens is 1. The molecule has 1 heterocycles. The van der Waals surface area contributed by atoms with Crippen LogP contribution >= 0.6 is 15.9 Å². The van der Waals surface area contributed by atoms with Gasteiger partial charge >= 0.3 is 0 Å². The molecule has 1 saturated carbocycles. The number of aromatic nitrogens is 2. The molecule has 0 saturated heterocycles. The number of aryl methyl sites for hydroxylation is 1. The van der Waals surface area contributed by atoms with Gasteiger partial charge in [-0.15, -0.1) is 0 Å². The molecule has 3 nitrogen and oxygen atoms in total. The van der Waals surface area contributed by atoms with Gasteiger partial charge in [-0.05, 0) is 52.7 Å². The van der Waals surface area contributed by atoms with Crippen molar-refractivity contribution in [3.05, 3.63) is 50.3 Å². The number of nitrogens with zero attached hydrogens (tertiary/aromatic N) is 1. The van der Waals surface area contributed by atoms with Crippen LogP contribution in [0, 0.1) is 0 Å². The average Bonchev–Trinajstić information content (AvgIpc) is 3.28. The van der Waals surface area contributed by atoms with Crippen LogP contribution in [0.15, 0.2) is 33.5 Å². The number of hydrogen-bond acceptors (Lipinski definition) is 2. The summed E-state index contributed by atoms with van der Waals surface area (Å²) < 4.78 is 0.557. The van der Waals surface area contributed by atoms with Crippen molar-refractivity contribution in [2.45, 2.75) is 38.5 Å². The first kappa shape index (κ1) is 13.6. The van der Waals surface area contributed by atoms with Crippen LogP contribution in [0.5, 0.6) is 0 Å². The summed E-state index contributed by atoms with van der Waals surface area (Å²) >= 11 is 3.33. The summed E-state index contributed by atoms with van der Waals surface area (Å²) in [6.07, 6.45) is 4.32. The number of aromatic amines is 1. The van der Waals surface area contributed by atoms with Crippen LogP contribution in [0.4, 0.5) is 0 Å². The third kappa shape index (κ3) is 2.70. The molecule has 1 aromatic carbocycles. The van der Waals surface area contributed by atoms with E-state index in [1.54, 1.807) is 0 Å². The molecule has 0 spiro atoms. The molecule has 1 fully saturated rings. The van der Waals surface area contributed by atoms with Gasteiger partial charge in [0.2, 0.25) is 0 Å². The normalized spacial score (nSPS) is 14.5. The largest absolute Gasteiger partial charge is 0.306 e. The van der Waals surface area contributed by atoms with Crippen molar-refractivity contribution in [1.29, 1.82) is 0 Å². The molecule has 1 aromatic heterocycles. The maximum absolute atomic E-state index is 12.0. The van der Waals surface area contributed by atoms with E-state index < -0.39 is 0 Å². The van der Waals surface area contributed by atoms with E-state index in [4.69, 9.17) is 0 Å². The number of benzene rings is 1. The monoisotopic (exact) mass is 332 g/mol. The van der Waals surface area contributed by atoms with Crippen molar-refractivity contribution in [1.82, 2.24) is 9.97 Å². The molecule has 1 aliphatic carbocycles. The molecule has 1 aliphatic rings. The summed E-state index contributed by atoms with van der Waals surface area (Å²) in [5.74, 6) is 1.37. The molecule has 0 radical (unpaired) electrons. The van der Waals surface area contributed by atoms with Gasteiger partial charge in [-0.25, -0.2) is 4.98 Å². The second kappa shape index (κ2) is 5.52. The van der Waals surface area contributed by atoms with Crippen LogP contribution in [0.25, 0.3) is 11.4 Å². The van der Waals surface area contributed by atoms with E-state index in [1.165, 1.54) is 18.4 Å². The summed E-state index contributed by atoms with van der Waals surface area (Å²) in [6.45, 7) is 2.09. The van der Waals surface area contributed by atoms with Crippen molar-refractivity contribution in [3.8, 4) is 11.4 Å². The van der Waals surface area contributed by atoms with E-state index in [2.05, 4.69) is 45.0 Å². The molecule has 20 heavy (non-hydrogen) atoms. The molecule has 0 amide bonds. The zero-order chi connectivity index (χ0) is 14.1. The fraction of sp³-hybridized carbons (Fsp3) is 0.375. The number of nitrogens with one attached hydrogen (secondary N) is 1. The lowest BCUT2D eigenvalue weighted by atomic mass is 10.1. The van der Waals surface area contributed by atoms with Gasteiger partial charge in [-0.1, -0.05) is 31.5 Å². The van der Waals surface area contributed by atoms with E-state index >= 15 is 0 Å². The van der Waals surface area contributed by atoms with Crippen LogP contribution in [-0.2, 0) is 6.42 Å². The van der Waals surface area contributed by atoms with Crippen molar-refractivity contribution in [3.63, 3.8) is 0 Å². The van der Waals surface area contributed by atoms with Gasteiger partial charge in [-0.3, -0.25) is 4.79 Å². The van der Waals surface area contributed by atoms with Gasteiger partial charge in [0.1, 0.15) is 10.3 Å². The highest BCUT2D eigenvalue weighted by molar-refractivity contribution is 9.10. The Morgan fingerprint density at radius 1 is 1.40 bits per heavy atom. The average molecular weight is 333 g/mol. The minimum Gasteiger partial charge on any atom is -0.306 e. The Hall–Kier alpha value is -1.42. The quantitative estimate of drug-likeness (QED) is 0.918. The summed E-state index contributed by atoms with van der Waals surface area (Å²) in [5, 5.41) is 0. The van der Waals surface area contributed by atoms with Crippen molar-refractivity contribution >= 4 is 15.9 Å². The van der Waals surface area contributed by atoms with Crippen LogP contribution in [0.1, 0.15) is 43.4 Å². The topological polar surface area (TPSA) is 45.8 Å². The van der Waals surface area contributed by atoms with Gasteiger partial charge in [0.15, 0.2) is 0 Å². The first-order chi connectivity index (χ1) is 9.69. The Kier molecular flexibility index (Phi) is 3.74. The highest BCUT2D eigenvalue weighted by Crippen LogP contribution is 2.40. The zero-order valence-corrected chi connectivity index (χ0v) is 13.0. The van der Waals surface area contributed by atoms with Crippen LogP contribution < -0.4 is 5.56 Å². The fourth-order valence-electron chi connectivity index (χ4n) is 2.40. The predicted octanol–water partition coefficient (Wildman–Crippen LogP) is 4.03. The van der Waals surface area contributed by atoms with Crippen LogP contribution in [0.2, 0.25) is 0 Å². The minimum absolute atomic E-state index is 0.102. The molecule has 4 heteroatoms. The lowest BCUT2D eigenvalue weighted by Gasteiger charge is -2.07. The minimum atomic E-state index is -0.102. The zero-order valence-electron chi connectivity index (χ0n) is 11.4. The maximum Gasteiger partial charge on any atom is 0.265 e. The predicted molar refractivity (Wildman–Crippen MR) is 84.0 cm³/mol. The second-order valence-corrected chi connectivity index (χ2v) is 6.12. The molecule has 0 aliphatic heterocycles. The van der Waals surface area contributed by atoms with Crippen molar-refractivity contribution in [2.75, 3.05) is 0 Å². The first-order valence-corrected chi connectivity index (χ1v) is 7.87.